The molecule has 1 aromatic heterocycles. The van der Waals surface area contributed by atoms with E-state index in [1.54, 1.807) is 0 Å². The summed E-state index contributed by atoms with van der Waals surface area (Å²) < 4.78 is 0. The lowest BCUT2D eigenvalue weighted by Gasteiger charge is -2.44. The molecular weight excluding hydrogens is 446 g/mol. The van der Waals surface area contributed by atoms with Crippen LogP contribution in [0, 0.1) is 23.2 Å². The number of aliphatic hydroxyl groups is 3. The van der Waals surface area contributed by atoms with Gasteiger partial charge in [0.2, 0.25) is 0 Å². The minimum Gasteiger partial charge on any atom is -0.393 e. The quantitative estimate of drug-likeness (QED) is 0.441. The first-order chi connectivity index (χ1) is 17.2. The molecule has 7 atom stereocenters. The highest BCUT2D eigenvalue weighted by Crippen LogP contribution is 2.59. The number of rotatable bonds is 6. The second-order valence-electron chi connectivity index (χ2n) is 12.2. The van der Waals surface area contributed by atoms with Crippen LogP contribution in [0.5, 0.6) is 0 Å². The summed E-state index contributed by atoms with van der Waals surface area (Å²) in [6, 6.07) is 5.99. The van der Waals surface area contributed by atoms with Crippen LogP contribution in [0.4, 0.5) is 0 Å². The molecule has 1 heterocycles. The zero-order valence-electron chi connectivity index (χ0n) is 21.9. The van der Waals surface area contributed by atoms with Crippen molar-refractivity contribution in [1.82, 2.24) is 4.98 Å². The first kappa shape index (κ1) is 25.6. The second-order valence-corrected chi connectivity index (χ2v) is 12.2. The van der Waals surface area contributed by atoms with Gasteiger partial charge in [0.05, 0.1) is 18.3 Å². The maximum absolute atomic E-state index is 11.1. The highest BCUT2D eigenvalue weighted by Gasteiger charge is 2.52. The minimum absolute atomic E-state index is 0.196. The van der Waals surface area contributed by atoms with Crippen molar-refractivity contribution in [2.45, 2.75) is 95.4 Å². The van der Waals surface area contributed by atoms with Gasteiger partial charge in [-0.3, -0.25) is 4.98 Å². The molecule has 4 aliphatic carbocycles. The van der Waals surface area contributed by atoms with Crippen LogP contribution in [0.1, 0.15) is 77.3 Å². The van der Waals surface area contributed by atoms with E-state index >= 15 is 0 Å². The van der Waals surface area contributed by atoms with Crippen LogP contribution in [0.2, 0.25) is 0 Å². The van der Waals surface area contributed by atoms with E-state index in [9.17, 15) is 15.3 Å². The van der Waals surface area contributed by atoms with Gasteiger partial charge in [0, 0.05) is 23.7 Å². The molecule has 4 nitrogen and oxygen atoms in total. The van der Waals surface area contributed by atoms with Gasteiger partial charge in [-0.2, -0.15) is 0 Å². The maximum atomic E-state index is 11.1. The highest BCUT2D eigenvalue weighted by atomic mass is 16.3. The summed E-state index contributed by atoms with van der Waals surface area (Å²) >= 11 is 0. The van der Waals surface area contributed by atoms with Crippen molar-refractivity contribution in [3.05, 3.63) is 77.7 Å². The molecule has 4 saturated carbocycles. The van der Waals surface area contributed by atoms with Crippen LogP contribution in [0.15, 0.2) is 72.0 Å². The fourth-order valence-corrected chi connectivity index (χ4v) is 7.70. The molecule has 3 N–H and O–H groups in total. The third-order valence-electron chi connectivity index (χ3n) is 10.1. The molecule has 0 radical (unpaired) electrons. The molecular formula is C32H43NO3. The normalized spacial score (nSPS) is 37.9. The number of fused-ring (bicyclic) bond motifs is 1. The number of aromatic nitrogens is 1. The Bertz CT molecular complexity index is 1050. The lowest BCUT2D eigenvalue weighted by molar-refractivity contribution is 0.0862. The fourth-order valence-electron chi connectivity index (χ4n) is 7.70. The topological polar surface area (TPSA) is 73.6 Å². The molecule has 0 saturated heterocycles. The number of allylic oxidation sites excluding steroid dienone is 4. The Balaban J connectivity index is 1.29. The van der Waals surface area contributed by atoms with Crippen molar-refractivity contribution < 1.29 is 15.3 Å². The Hall–Kier alpha value is -2.01. The summed E-state index contributed by atoms with van der Waals surface area (Å²) in [5.74, 6) is 1.58. The van der Waals surface area contributed by atoms with Gasteiger partial charge in [-0.25, -0.2) is 0 Å². The van der Waals surface area contributed by atoms with E-state index in [0.717, 1.165) is 36.1 Å². The van der Waals surface area contributed by atoms with E-state index in [1.165, 1.54) is 31.3 Å². The fraction of sp³-hybridized carbons (Fsp3) is 0.594. The van der Waals surface area contributed by atoms with Gasteiger partial charge in [0.15, 0.2) is 0 Å². The van der Waals surface area contributed by atoms with Crippen LogP contribution in [-0.2, 0) is 5.41 Å². The average Bonchev–Trinajstić information content (AvgIpc) is 3.60. The molecule has 194 valence electrons. The summed E-state index contributed by atoms with van der Waals surface area (Å²) in [6.45, 7) is 8.89. The third-order valence-corrected chi connectivity index (χ3v) is 10.1. The number of hydrogen-bond acceptors (Lipinski definition) is 4. The van der Waals surface area contributed by atoms with Crippen molar-refractivity contribution in [2.24, 2.45) is 23.2 Å². The Morgan fingerprint density at radius 3 is 2.64 bits per heavy atom. The van der Waals surface area contributed by atoms with E-state index in [0.29, 0.717) is 30.6 Å². The van der Waals surface area contributed by atoms with Gasteiger partial charge in [-0.1, -0.05) is 56.4 Å². The van der Waals surface area contributed by atoms with Crippen molar-refractivity contribution in [1.29, 1.82) is 0 Å². The number of pyridine rings is 1. The molecule has 0 spiro atoms. The van der Waals surface area contributed by atoms with Crippen molar-refractivity contribution in [3.8, 4) is 0 Å². The van der Waals surface area contributed by atoms with Gasteiger partial charge in [-0.05, 0) is 97.8 Å². The molecule has 0 aromatic carbocycles. The molecule has 0 aliphatic heterocycles. The zero-order valence-corrected chi connectivity index (χ0v) is 21.9. The molecule has 0 bridgehead atoms. The van der Waals surface area contributed by atoms with Gasteiger partial charge in [-0.15, -0.1) is 0 Å². The van der Waals surface area contributed by atoms with Crippen molar-refractivity contribution >= 4 is 0 Å². The van der Waals surface area contributed by atoms with Crippen LogP contribution in [-0.4, -0.2) is 38.6 Å². The van der Waals surface area contributed by atoms with E-state index in [1.807, 2.05) is 24.4 Å². The molecule has 5 rings (SSSR count). The Labute approximate surface area is 216 Å². The molecule has 1 aromatic rings. The van der Waals surface area contributed by atoms with E-state index < -0.39 is 18.3 Å². The second kappa shape index (κ2) is 10.0. The summed E-state index contributed by atoms with van der Waals surface area (Å²) in [4.78, 5) is 4.54. The van der Waals surface area contributed by atoms with Gasteiger partial charge < -0.3 is 15.3 Å². The summed E-state index contributed by atoms with van der Waals surface area (Å²) in [5, 5.41) is 31.4. The Morgan fingerprint density at radius 1 is 1.11 bits per heavy atom. The minimum atomic E-state index is -0.638. The Morgan fingerprint density at radius 2 is 1.92 bits per heavy atom. The summed E-state index contributed by atoms with van der Waals surface area (Å²) in [7, 11) is 0. The molecule has 4 aliphatic rings. The predicted octanol–water partition coefficient (Wildman–Crippen LogP) is 5.81. The van der Waals surface area contributed by atoms with Crippen molar-refractivity contribution in [3.63, 3.8) is 0 Å². The molecule has 4 fully saturated rings. The predicted molar refractivity (Wildman–Crippen MR) is 144 cm³/mol. The van der Waals surface area contributed by atoms with E-state index in [4.69, 9.17) is 0 Å². The number of hydrogen-bond donors (Lipinski definition) is 3. The standard InChI is InChI=1S/C32H43NO3/c1-21(9-14-30(36)32(16-17-32)29-8-4-5-18-33-29)26-12-13-27-23(7-6-15-31(26,27)3)10-11-24-19-25(34)20-28(35)22(24)2/h4-5,8-11,14,18,21,25-28,30,34-36H,2,6-7,12-13,15-17,19-20H2,1,3H3/t21-,25?,26-,27+,28?,30?,31-/m1/s1. The van der Waals surface area contributed by atoms with Gasteiger partial charge >= 0.3 is 0 Å². The SMILES string of the molecule is C=C1C(=CC=C2CCC[C@]3(C)[C@@H]([C@H](C)C=CC(O)C4(c5ccccn5)CC4)CC[C@@H]23)CC(O)CC1O. The van der Waals surface area contributed by atoms with E-state index in [2.05, 4.69) is 49.7 Å². The first-order valence-corrected chi connectivity index (χ1v) is 14.0. The Kier molecular flexibility index (Phi) is 7.15. The monoisotopic (exact) mass is 489 g/mol. The van der Waals surface area contributed by atoms with Crippen LogP contribution in [0.3, 0.4) is 0 Å². The number of nitrogens with zero attached hydrogens (tertiary/aromatic N) is 1. The summed E-state index contributed by atoms with van der Waals surface area (Å²) in [6.07, 6.45) is 17.9. The van der Waals surface area contributed by atoms with Crippen LogP contribution < -0.4 is 0 Å². The number of aliphatic hydroxyl groups excluding tert-OH is 3. The van der Waals surface area contributed by atoms with Gasteiger partial charge in [0.25, 0.3) is 0 Å². The smallest absolute Gasteiger partial charge is 0.0832 e. The van der Waals surface area contributed by atoms with E-state index in [-0.39, 0.29) is 10.8 Å². The zero-order chi connectivity index (χ0) is 25.5. The summed E-state index contributed by atoms with van der Waals surface area (Å²) in [5.41, 5.74) is 4.35. The molecule has 4 heteroatoms. The largest absolute Gasteiger partial charge is 0.393 e. The first-order valence-electron chi connectivity index (χ1n) is 14.0. The molecule has 0 amide bonds. The average molecular weight is 490 g/mol. The third kappa shape index (κ3) is 4.68. The molecule has 3 unspecified atom stereocenters. The van der Waals surface area contributed by atoms with Gasteiger partial charge in [0.1, 0.15) is 0 Å². The lowest BCUT2D eigenvalue weighted by atomic mass is 9.61. The van der Waals surface area contributed by atoms with Crippen LogP contribution >= 0.6 is 0 Å². The highest BCUT2D eigenvalue weighted by molar-refractivity contribution is 5.39. The van der Waals surface area contributed by atoms with Crippen molar-refractivity contribution in [2.75, 3.05) is 0 Å². The maximum Gasteiger partial charge on any atom is 0.0832 e. The van der Waals surface area contributed by atoms with Crippen LogP contribution in [0.25, 0.3) is 0 Å². The molecule has 36 heavy (non-hydrogen) atoms. The lowest BCUT2D eigenvalue weighted by Crippen LogP contribution is -2.35.